The van der Waals surface area contributed by atoms with E-state index in [1.807, 2.05) is 25.1 Å². The molecule has 20 heavy (non-hydrogen) atoms. The van der Waals surface area contributed by atoms with Gasteiger partial charge in [0.05, 0.1) is 0 Å². The molecule has 0 aliphatic carbocycles. The van der Waals surface area contributed by atoms with Gasteiger partial charge in [-0.1, -0.05) is 31.5 Å². The van der Waals surface area contributed by atoms with Crippen LogP contribution in [0, 0.1) is 13.8 Å². The van der Waals surface area contributed by atoms with Crippen molar-refractivity contribution < 1.29 is 0 Å². The zero-order valence-corrected chi connectivity index (χ0v) is 12.4. The Labute approximate surface area is 120 Å². The summed E-state index contributed by atoms with van der Waals surface area (Å²) in [6, 6.07) is 10.1. The number of aryl methyl sites for hydroxylation is 2. The smallest absolute Gasteiger partial charge is 0.224 e. The topological polar surface area (TPSA) is 49.8 Å². The van der Waals surface area contributed by atoms with Gasteiger partial charge >= 0.3 is 0 Å². The van der Waals surface area contributed by atoms with Gasteiger partial charge in [-0.2, -0.15) is 4.98 Å². The summed E-state index contributed by atoms with van der Waals surface area (Å²) in [5.41, 5.74) is 3.23. The van der Waals surface area contributed by atoms with Crippen molar-refractivity contribution in [2.24, 2.45) is 0 Å². The second-order valence-corrected chi connectivity index (χ2v) is 4.94. The average molecular weight is 270 g/mol. The van der Waals surface area contributed by atoms with E-state index >= 15 is 0 Å². The third kappa shape index (κ3) is 3.95. The number of nitrogens with zero attached hydrogens (tertiary/aromatic N) is 2. The fraction of sp³-hybridized carbons (Fsp3) is 0.375. The van der Waals surface area contributed by atoms with E-state index in [4.69, 9.17) is 0 Å². The summed E-state index contributed by atoms with van der Waals surface area (Å²) in [6.07, 6.45) is 2.28. The van der Waals surface area contributed by atoms with Crippen molar-refractivity contribution in [1.29, 1.82) is 0 Å². The number of para-hydroxylation sites is 1. The Bertz CT molecular complexity index is 566. The number of aromatic nitrogens is 2. The minimum absolute atomic E-state index is 0.689. The Kier molecular flexibility index (Phi) is 4.93. The fourth-order valence-electron chi connectivity index (χ4n) is 1.94. The van der Waals surface area contributed by atoms with Crippen molar-refractivity contribution in [3.8, 4) is 0 Å². The standard InChI is InChI=1S/C16H22N4/c1-4-5-10-17-16-18-13(3)11-15(20-16)19-14-9-7-6-8-12(14)2/h6-9,11H,4-5,10H2,1-3H3,(H2,17,18,19,20). The summed E-state index contributed by atoms with van der Waals surface area (Å²) in [7, 11) is 0. The lowest BCUT2D eigenvalue weighted by molar-refractivity contribution is 0.825. The molecule has 4 heteroatoms. The molecule has 2 N–H and O–H groups in total. The molecule has 1 heterocycles. The fourth-order valence-corrected chi connectivity index (χ4v) is 1.94. The lowest BCUT2D eigenvalue weighted by atomic mass is 10.2. The van der Waals surface area contributed by atoms with Crippen LogP contribution in [0.3, 0.4) is 0 Å². The molecular weight excluding hydrogens is 248 g/mol. The molecule has 0 bridgehead atoms. The van der Waals surface area contributed by atoms with E-state index in [-0.39, 0.29) is 0 Å². The second-order valence-electron chi connectivity index (χ2n) is 4.94. The first kappa shape index (κ1) is 14.3. The lowest BCUT2D eigenvalue weighted by Gasteiger charge is -2.11. The highest BCUT2D eigenvalue weighted by molar-refractivity contribution is 5.61. The van der Waals surface area contributed by atoms with Crippen LogP contribution in [0.5, 0.6) is 0 Å². The molecule has 0 fully saturated rings. The van der Waals surface area contributed by atoms with Crippen LogP contribution in [-0.2, 0) is 0 Å². The number of unbranched alkanes of at least 4 members (excludes halogenated alkanes) is 1. The van der Waals surface area contributed by atoms with Crippen LogP contribution >= 0.6 is 0 Å². The summed E-state index contributed by atoms with van der Waals surface area (Å²) >= 11 is 0. The molecule has 106 valence electrons. The third-order valence-corrected chi connectivity index (χ3v) is 3.08. The number of nitrogens with one attached hydrogen (secondary N) is 2. The lowest BCUT2D eigenvalue weighted by Crippen LogP contribution is -2.07. The maximum Gasteiger partial charge on any atom is 0.224 e. The highest BCUT2D eigenvalue weighted by Crippen LogP contribution is 2.19. The second kappa shape index (κ2) is 6.89. The molecule has 4 nitrogen and oxygen atoms in total. The van der Waals surface area contributed by atoms with E-state index in [1.165, 1.54) is 5.56 Å². The number of anilines is 3. The van der Waals surface area contributed by atoms with Gasteiger partial charge in [-0.05, 0) is 31.9 Å². The van der Waals surface area contributed by atoms with Crippen molar-refractivity contribution in [2.75, 3.05) is 17.2 Å². The number of hydrogen-bond donors (Lipinski definition) is 2. The number of benzene rings is 1. The monoisotopic (exact) mass is 270 g/mol. The molecule has 1 aromatic heterocycles. The Morgan fingerprint density at radius 3 is 2.65 bits per heavy atom. The minimum Gasteiger partial charge on any atom is -0.354 e. The van der Waals surface area contributed by atoms with E-state index in [9.17, 15) is 0 Å². The Morgan fingerprint density at radius 1 is 1.10 bits per heavy atom. The van der Waals surface area contributed by atoms with Gasteiger partial charge < -0.3 is 10.6 Å². The predicted molar refractivity (Wildman–Crippen MR) is 84.6 cm³/mol. The van der Waals surface area contributed by atoms with Gasteiger partial charge in [0.2, 0.25) is 5.95 Å². The van der Waals surface area contributed by atoms with Crippen molar-refractivity contribution >= 4 is 17.5 Å². The van der Waals surface area contributed by atoms with E-state index in [0.717, 1.165) is 36.6 Å². The minimum atomic E-state index is 0.689. The van der Waals surface area contributed by atoms with Crippen molar-refractivity contribution in [2.45, 2.75) is 33.6 Å². The molecular formula is C16H22N4. The van der Waals surface area contributed by atoms with E-state index < -0.39 is 0 Å². The first-order chi connectivity index (χ1) is 9.69. The maximum atomic E-state index is 4.51. The van der Waals surface area contributed by atoms with Crippen LogP contribution in [0.4, 0.5) is 17.5 Å². The van der Waals surface area contributed by atoms with Gasteiger partial charge in [0.15, 0.2) is 0 Å². The summed E-state index contributed by atoms with van der Waals surface area (Å²) in [5.74, 6) is 1.51. The van der Waals surface area contributed by atoms with Gasteiger partial charge in [-0.25, -0.2) is 4.98 Å². The van der Waals surface area contributed by atoms with Crippen LogP contribution < -0.4 is 10.6 Å². The summed E-state index contributed by atoms with van der Waals surface area (Å²) in [4.78, 5) is 8.92. The van der Waals surface area contributed by atoms with Crippen LogP contribution in [0.1, 0.15) is 31.0 Å². The van der Waals surface area contributed by atoms with Gasteiger partial charge in [0.25, 0.3) is 0 Å². The molecule has 0 spiro atoms. The predicted octanol–water partition coefficient (Wildman–Crippen LogP) is 4.05. The maximum absolute atomic E-state index is 4.51. The largest absolute Gasteiger partial charge is 0.354 e. The molecule has 0 saturated heterocycles. The van der Waals surface area contributed by atoms with E-state index in [0.29, 0.717) is 5.95 Å². The molecule has 0 saturated carbocycles. The zero-order valence-electron chi connectivity index (χ0n) is 12.4. The summed E-state index contributed by atoms with van der Waals surface area (Å²) < 4.78 is 0. The summed E-state index contributed by atoms with van der Waals surface area (Å²) in [5, 5.41) is 6.62. The molecule has 2 aromatic rings. The molecule has 0 unspecified atom stereocenters. The van der Waals surface area contributed by atoms with Crippen molar-refractivity contribution in [3.05, 3.63) is 41.6 Å². The molecule has 0 aliphatic heterocycles. The van der Waals surface area contributed by atoms with Gasteiger partial charge in [-0.15, -0.1) is 0 Å². The molecule has 0 amide bonds. The number of hydrogen-bond acceptors (Lipinski definition) is 4. The number of rotatable bonds is 6. The van der Waals surface area contributed by atoms with Crippen molar-refractivity contribution in [1.82, 2.24) is 9.97 Å². The Hall–Kier alpha value is -2.10. The quantitative estimate of drug-likeness (QED) is 0.777. The third-order valence-electron chi connectivity index (χ3n) is 3.08. The van der Waals surface area contributed by atoms with Crippen LogP contribution in [0.25, 0.3) is 0 Å². The first-order valence-corrected chi connectivity index (χ1v) is 7.11. The van der Waals surface area contributed by atoms with E-state index in [2.05, 4.69) is 46.6 Å². The first-order valence-electron chi connectivity index (χ1n) is 7.11. The molecule has 0 atom stereocenters. The average Bonchev–Trinajstić information content (AvgIpc) is 2.41. The van der Waals surface area contributed by atoms with Gasteiger partial charge in [0, 0.05) is 24.0 Å². The SMILES string of the molecule is CCCCNc1nc(C)cc(Nc2ccccc2C)n1. The molecule has 0 radical (unpaired) electrons. The highest BCUT2D eigenvalue weighted by atomic mass is 15.1. The molecule has 1 aromatic carbocycles. The normalized spacial score (nSPS) is 10.3. The van der Waals surface area contributed by atoms with Crippen LogP contribution in [0.2, 0.25) is 0 Å². The highest BCUT2D eigenvalue weighted by Gasteiger charge is 2.03. The zero-order chi connectivity index (χ0) is 14.4. The van der Waals surface area contributed by atoms with E-state index in [1.54, 1.807) is 0 Å². The Balaban J connectivity index is 2.13. The molecule has 0 aliphatic rings. The van der Waals surface area contributed by atoms with Crippen LogP contribution in [-0.4, -0.2) is 16.5 Å². The van der Waals surface area contributed by atoms with Crippen molar-refractivity contribution in [3.63, 3.8) is 0 Å². The Morgan fingerprint density at radius 2 is 1.90 bits per heavy atom. The summed E-state index contributed by atoms with van der Waals surface area (Å²) in [6.45, 7) is 7.14. The van der Waals surface area contributed by atoms with Gasteiger partial charge in [-0.3, -0.25) is 0 Å². The van der Waals surface area contributed by atoms with Crippen LogP contribution in [0.15, 0.2) is 30.3 Å². The van der Waals surface area contributed by atoms with Gasteiger partial charge in [0.1, 0.15) is 5.82 Å². The molecule has 2 rings (SSSR count).